The van der Waals surface area contributed by atoms with Crippen molar-refractivity contribution in [2.75, 3.05) is 38.6 Å². The van der Waals surface area contributed by atoms with Gasteiger partial charge in [0.2, 0.25) is 10.0 Å². The molecule has 0 aliphatic carbocycles. The fourth-order valence-electron chi connectivity index (χ4n) is 4.54. The lowest BCUT2D eigenvalue weighted by atomic mass is 10.1. The van der Waals surface area contributed by atoms with Crippen molar-refractivity contribution in [1.82, 2.24) is 4.72 Å². The van der Waals surface area contributed by atoms with Gasteiger partial charge in [-0.1, -0.05) is 29.8 Å². The molecule has 0 bridgehead atoms. The van der Waals surface area contributed by atoms with Gasteiger partial charge in [-0.3, -0.25) is 0 Å². The van der Waals surface area contributed by atoms with Crippen LogP contribution in [0.15, 0.2) is 41.3 Å². The summed E-state index contributed by atoms with van der Waals surface area (Å²) in [6, 6.07) is 12.5. The second-order valence-electron chi connectivity index (χ2n) is 8.48. The third-order valence-electron chi connectivity index (χ3n) is 5.90. The first-order valence-corrected chi connectivity index (χ1v) is 11.9. The number of hydrogen-bond acceptors (Lipinski definition) is 3. The predicted octanol–water partition coefficient (Wildman–Crippen LogP) is 2.38. The maximum absolute atomic E-state index is 13.2. The third-order valence-corrected chi connectivity index (χ3v) is 7.63. The molecular formula is C23H34N3O2S+. The minimum absolute atomic E-state index is 0.120. The van der Waals surface area contributed by atoms with Gasteiger partial charge in [0.15, 0.2) is 0 Å². The van der Waals surface area contributed by atoms with Crippen LogP contribution in [0.4, 0.5) is 5.69 Å². The summed E-state index contributed by atoms with van der Waals surface area (Å²) in [7, 11) is 0.489. The number of aryl methyl sites for hydroxylation is 3. The van der Waals surface area contributed by atoms with E-state index in [1.807, 2.05) is 47.0 Å². The standard InChI is InChI=1S/C23H33N3O2S/c1-17-14-18(2)23(19(3)15-17)29(27,28)24-16-22(26-12-6-7-13-26)20-8-10-21(11-9-20)25(4)5/h8-11,14-15,22,24H,6-7,12-13,16H2,1-5H3/p+1/t22-/m1/s1. The van der Waals surface area contributed by atoms with Crippen molar-refractivity contribution < 1.29 is 13.3 Å². The van der Waals surface area contributed by atoms with Crippen LogP contribution in [0.1, 0.15) is 41.1 Å². The summed E-state index contributed by atoms with van der Waals surface area (Å²) in [5.74, 6) is 0. The number of benzene rings is 2. The second kappa shape index (κ2) is 8.86. The van der Waals surface area contributed by atoms with Crippen molar-refractivity contribution in [3.05, 3.63) is 58.7 Å². The van der Waals surface area contributed by atoms with Gasteiger partial charge < -0.3 is 9.80 Å². The van der Waals surface area contributed by atoms with Gasteiger partial charge in [0.25, 0.3) is 0 Å². The molecule has 0 radical (unpaired) electrons. The van der Waals surface area contributed by atoms with Crippen LogP contribution in [0.5, 0.6) is 0 Å². The Morgan fingerprint density at radius 2 is 1.55 bits per heavy atom. The van der Waals surface area contributed by atoms with E-state index in [1.54, 1.807) is 0 Å². The van der Waals surface area contributed by atoms with E-state index in [0.29, 0.717) is 11.4 Å². The van der Waals surface area contributed by atoms with Crippen molar-refractivity contribution in [1.29, 1.82) is 0 Å². The Bertz CT molecular complexity index is 924. The van der Waals surface area contributed by atoms with Crippen LogP contribution in [0.2, 0.25) is 0 Å². The Morgan fingerprint density at radius 3 is 2.07 bits per heavy atom. The summed E-state index contributed by atoms with van der Waals surface area (Å²) in [5, 5.41) is 0. The number of rotatable bonds is 7. The van der Waals surface area contributed by atoms with E-state index >= 15 is 0 Å². The number of nitrogens with one attached hydrogen (secondary N) is 2. The molecule has 1 heterocycles. The average molecular weight is 417 g/mol. The van der Waals surface area contributed by atoms with Gasteiger partial charge in [-0.25, -0.2) is 13.1 Å². The minimum Gasteiger partial charge on any atom is -0.378 e. The van der Waals surface area contributed by atoms with Gasteiger partial charge in [0.05, 0.1) is 24.5 Å². The first-order chi connectivity index (χ1) is 13.7. The summed E-state index contributed by atoms with van der Waals surface area (Å²) in [5.41, 5.74) is 5.02. The van der Waals surface area contributed by atoms with E-state index in [9.17, 15) is 8.42 Å². The van der Waals surface area contributed by atoms with Crippen LogP contribution in [0.25, 0.3) is 0 Å². The van der Waals surface area contributed by atoms with E-state index in [0.717, 1.165) is 35.5 Å². The molecule has 158 valence electrons. The molecule has 1 saturated heterocycles. The van der Waals surface area contributed by atoms with E-state index in [4.69, 9.17) is 0 Å². The van der Waals surface area contributed by atoms with Crippen molar-refractivity contribution >= 4 is 15.7 Å². The highest BCUT2D eigenvalue weighted by molar-refractivity contribution is 7.89. The molecule has 1 fully saturated rings. The summed E-state index contributed by atoms with van der Waals surface area (Å²) in [6.07, 6.45) is 2.40. The molecule has 0 aromatic heterocycles. The first kappa shape index (κ1) is 21.8. The summed E-state index contributed by atoms with van der Waals surface area (Å²) in [4.78, 5) is 3.96. The molecule has 0 saturated carbocycles. The topological polar surface area (TPSA) is 53.9 Å². The molecule has 1 atom stereocenters. The molecular weight excluding hydrogens is 382 g/mol. The highest BCUT2D eigenvalue weighted by Gasteiger charge is 2.30. The summed E-state index contributed by atoms with van der Waals surface area (Å²) in [6.45, 7) is 8.32. The van der Waals surface area contributed by atoms with Gasteiger partial charge in [-0.05, 0) is 44.0 Å². The quantitative estimate of drug-likeness (QED) is 0.729. The fourth-order valence-corrected chi connectivity index (χ4v) is 6.03. The highest BCUT2D eigenvalue weighted by atomic mass is 32.2. The maximum Gasteiger partial charge on any atom is 0.241 e. The minimum atomic E-state index is -3.56. The van der Waals surface area contributed by atoms with Crippen molar-refractivity contribution in [2.45, 2.75) is 44.6 Å². The van der Waals surface area contributed by atoms with Crippen molar-refractivity contribution in [3.63, 3.8) is 0 Å². The number of sulfonamides is 1. The van der Waals surface area contributed by atoms with Crippen LogP contribution < -0.4 is 14.5 Å². The lowest BCUT2D eigenvalue weighted by Crippen LogP contribution is -3.11. The molecule has 6 heteroatoms. The number of hydrogen-bond donors (Lipinski definition) is 2. The Labute approximate surface area is 175 Å². The van der Waals surface area contributed by atoms with E-state index in [2.05, 4.69) is 33.9 Å². The molecule has 3 rings (SSSR count). The fraction of sp³-hybridized carbons (Fsp3) is 0.478. The largest absolute Gasteiger partial charge is 0.378 e. The predicted molar refractivity (Wildman–Crippen MR) is 119 cm³/mol. The van der Waals surface area contributed by atoms with Crippen LogP contribution in [0, 0.1) is 20.8 Å². The molecule has 2 aromatic rings. The monoisotopic (exact) mass is 416 g/mol. The molecule has 1 aliphatic heterocycles. The Kier molecular flexibility index (Phi) is 6.66. The Balaban J connectivity index is 1.85. The smallest absolute Gasteiger partial charge is 0.241 e. The molecule has 1 aliphatic rings. The second-order valence-corrected chi connectivity index (χ2v) is 10.2. The molecule has 2 N–H and O–H groups in total. The van der Waals surface area contributed by atoms with E-state index < -0.39 is 10.0 Å². The maximum atomic E-state index is 13.2. The van der Waals surface area contributed by atoms with Gasteiger partial charge in [0, 0.05) is 38.2 Å². The molecule has 29 heavy (non-hydrogen) atoms. The van der Waals surface area contributed by atoms with Gasteiger partial charge >= 0.3 is 0 Å². The van der Waals surface area contributed by atoms with Crippen LogP contribution in [0.3, 0.4) is 0 Å². The zero-order valence-corrected chi connectivity index (χ0v) is 19.1. The molecule has 0 amide bonds. The SMILES string of the molecule is Cc1cc(C)c(S(=O)(=O)NC[C@H](c2ccc(N(C)C)cc2)[NH+]2CCCC2)c(C)c1. The van der Waals surface area contributed by atoms with E-state index in [-0.39, 0.29) is 6.04 Å². The zero-order chi connectivity index (χ0) is 21.2. The molecule has 2 aromatic carbocycles. The highest BCUT2D eigenvalue weighted by Crippen LogP contribution is 2.22. The zero-order valence-electron chi connectivity index (χ0n) is 18.2. The van der Waals surface area contributed by atoms with Crippen molar-refractivity contribution in [2.24, 2.45) is 0 Å². The Morgan fingerprint density at radius 1 is 1.00 bits per heavy atom. The summed E-state index contributed by atoms with van der Waals surface area (Å²) >= 11 is 0. The molecule has 0 unspecified atom stereocenters. The summed E-state index contributed by atoms with van der Waals surface area (Å²) < 4.78 is 29.2. The Hall–Kier alpha value is -1.89. The van der Waals surface area contributed by atoms with Gasteiger partial charge in [-0.15, -0.1) is 0 Å². The van der Waals surface area contributed by atoms with Crippen LogP contribution in [-0.4, -0.2) is 42.1 Å². The lowest BCUT2D eigenvalue weighted by Gasteiger charge is -2.26. The molecule has 0 spiro atoms. The van der Waals surface area contributed by atoms with Crippen LogP contribution >= 0.6 is 0 Å². The van der Waals surface area contributed by atoms with Crippen molar-refractivity contribution in [3.8, 4) is 0 Å². The average Bonchev–Trinajstić information content (AvgIpc) is 3.15. The number of quaternary nitrogens is 1. The number of nitrogens with zero attached hydrogens (tertiary/aromatic N) is 1. The lowest BCUT2D eigenvalue weighted by molar-refractivity contribution is -0.918. The van der Waals surface area contributed by atoms with Gasteiger partial charge in [-0.2, -0.15) is 0 Å². The molecule has 5 nitrogen and oxygen atoms in total. The van der Waals surface area contributed by atoms with Gasteiger partial charge in [0.1, 0.15) is 6.04 Å². The number of likely N-dealkylation sites (tertiary alicyclic amines) is 1. The number of anilines is 1. The van der Waals surface area contributed by atoms with E-state index in [1.165, 1.54) is 23.3 Å². The van der Waals surface area contributed by atoms with Crippen LogP contribution in [-0.2, 0) is 10.0 Å². The first-order valence-electron chi connectivity index (χ1n) is 10.4. The third kappa shape index (κ3) is 5.00. The normalized spacial score (nSPS) is 16.2.